The van der Waals surface area contributed by atoms with Crippen LogP contribution in [0.2, 0.25) is 0 Å². The second-order valence-corrected chi connectivity index (χ2v) is 9.00. The molecule has 6 heteroatoms. The van der Waals surface area contributed by atoms with Gasteiger partial charge < -0.3 is 19.7 Å². The number of hydrogen-bond donors (Lipinski definition) is 2. The molecule has 0 amide bonds. The molecule has 0 unspecified atom stereocenters. The molecule has 144 valence electrons. The Hall–Kier alpha value is -1.63. The monoisotopic (exact) mass is 371 g/mol. The molecule has 5 aliphatic rings. The first-order chi connectivity index (χ1) is 13.0. The van der Waals surface area contributed by atoms with Crippen LogP contribution in [0.3, 0.4) is 0 Å². The fourth-order valence-electron chi connectivity index (χ4n) is 6.48. The van der Waals surface area contributed by atoms with Gasteiger partial charge in [-0.25, -0.2) is 0 Å². The molecule has 1 aromatic carbocycles. The van der Waals surface area contributed by atoms with Crippen LogP contribution in [-0.2, 0) is 10.2 Å². The molecule has 6 rings (SSSR count). The van der Waals surface area contributed by atoms with Crippen molar-refractivity contribution < 1.29 is 24.5 Å². The lowest BCUT2D eigenvalue weighted by Crippen LogP contribution is -2.77. The van der Waals surface area contributed by atoms with Crippen molar-refractivity contribution in [3.63, 3.8) is 0 Å². The molecule has 0 aromatic heterocycles. The van der Waals surface area contributed by atoms with Gasteiger partial charge in [0, 0.05) is 18.5 Å². The normalized spacial score (nSPS) is 41.9. The number of rotatable bonds is 3. The Labute approximate surface area is 158 Å². The molecule has 3 fully saturated rings. The highest BCUT2D eigenvalue weighted by Gasteiger charge is 2.75. The van der Waals surface area contributed by atoms with Gasteiger partial charge in [0.05, 0.1) is 30.3 Å². The molecule has 5 atom stereocenters. The Morgan fingerprint density at radius 2 is 2.15 bits per heavy atom. The number of methoxy groups -OCH3 is 1. The van der Waals surface area contributed by atoms with E-state index in [1.165, 1.54) is 12.8 Å². The summed E-state index contributed by atoms with van der Waals surface area (Å²) in [6, 6.07) is 3.31. The van der Waals surface area contributed by atoms with Gasteiger partial charge in [0.1, 0.15) is 0 Å². The fraction of sp³-hybridized carbons (Fsp3) is 0.667. The van der Waals surface area contributed by atoms with Crippen molar-refractivity contribution in [3.05, 3.63) is 23.3 Å². The van der Waals surface area contributed by atoms with Crippen LogP contribution >= 0.6 is 0 Å². The number of hydrogen-bond acceptors (Lipinski definition) is 6. The highest BCUT2D eigenvalue weighted by molar-refractivity contribution is 5.90. The van der Waals surface area contributed by atoms with E-state index in [0.717, 1.165) is 24.2 Å². The maximum atomic E-state index is 12.9. The highest BCUT2D eigenvalue weighted by atomic mass is 16.5. The van der Waals surface area contributed by atoms with Crippen molar-refractivity contribution in [1.82, 2.24) is 4.90 Å². The number of nitrogens with zero attached hydrogens (tertiary/aromatic N) is 1. The molecule has 1 aromatic rings. The Balaban J connectivity index is 1.61. The minimum atomic E-state index is -1.16. The number of piperidine rings is 1. The van der Waals surface area contributed by atoms with Crippen LogP contribution in [-0.4, -0.2) is 58.8 Å². The van der Waals surface area contributed by atoms with Gasteiger partial charge in [-0.2, -0.15) is 0 Å². The third-order valence-electron chi connectivity index (χ3n) is 7.80. The summed E-state index contributed by atoms with van der Waals surface area (Å²) in [5.74, 6) is 1.83. The first-order valence-electron chi connectivity index (χ1n) is 10.1. The molecule has 2 saturated carbocycles. The van der Waals surface area contributed by atoms with Crippen molar-refractivity contribution in [2.75, 3.05) is 20.2 Å². The zero-order valence-corrected chi connectivity index (χ0v) is 15.5. The molecule has 27 heavy (non-hydrogen) atoms. The molecule has 2 aliphatic heterocycles. The Kier molecular flexibility index (Phi) is 3.05. The van der Waals surface area contributed by atoms with Crippen molar-refractivity contribution in [3.8, 4) is 11.5 Å². The number of aliphatic hydroxyl groups is 2. The van der Waals surface area contributed by atoms with Crippen molar-refractivity contribution >= 4 is 5.78 Å². The van der Waals surface area contributed by atoms with Crippen LogP contribution in [0.1, 0.15) is 49.3 Å². The highest BCUT2D eigenvalue weighted by Crippen LogP contribution is 2.66. The van der Waals surface area contributed by atoms with E-state index in [9.17, 15) is 15.0 Å². The number of benzene rings is 1. The second-order valence-electron chi connectivity index (χ2n) is 9.00. The van der Waals surface area contributed by atoms with Gasteiger partial charge >= 0.3 is 0 Å². The second kappa shape index (κ2) is 5.04. The Morgan fingerprint density at radius 3 is 2.89 bits per heavy atom. The first-order valence-corrected chi connectivity index (χ1v) is 10.1. The SMILES string of the molecule is COc1ccc2c3c1O[C@H]1C(=O)CC[C@@]4(O)[C@@H]([C@H]2O)N(CC2CC2)CC[C@]314. The fourth-order valence-corrected chi connectivity index (χ4v) is 6.48. The summed E-state index contributed by atoms with van der Waals surface area (Å²) in [5.41, 5.74) is -0.329. The molecular formula is C21H25NO5. The topological polar surface area (TPSA) is 79.2 Å². The Bertz CT molecular complexity index is 851. The van der Waals surface area contributed by atoms with Crippen LogP contribution < -0.4 is 9.47 Å². The van der Waals surface area contributed by atoms with E-state index >= 15 is 0 Å². The predicted octanol–water partition coefficient (Wildman–Crippen LogP) is 1.32. The van der Waals surface area contributed by atoms with Crippen LogP contribution in [0.15, 0.2) is 12.1 Å². The van der Waals surface area contributed by atoms with Crippen LogP contribution in [0.5, 0.6) is 11.5 Å². The summed E-state index contributed by atoms with van der Waals surface area (Å²) in [5, 5.41) is 23.5. The molecule has 2 heterocycles. The third kappa shape index (κ3) is 1.75. The molecule has 2 bridgehead atoms. The molecule has 6 nitrogen and oxygen atoms in total. The van der Waals surface area contributed by atoms with Crippen LogP contribution in [0, 0.1) is 5.92 Å². The van der Waals surface area contributed by atoms with Gasteiger partial charge in [0.15, 0.2) is 23.4 Å². The molecule has 0 radical (unpaired) electrons. The van der Waals surface area contributed by atoms with Crippen molar-refractivity contribution in [2.24, 2.45) is 5.92 Å². The number of carbonyl (C=O) groups excluding carboxylic acids is 1. The average molecular weight is 371 g/mol. The van der Waals surface area contributed by atoms with Crippen LogP contribution in [0.25, 0.3) is 0 Å². The Morgan fingerprint density at radius 1 is 1.33 bits per heavy atom. The quantitative estimate of drug-likeness (QED) is 0.834. The first kappa shape index (κ1) is 16.3. The lowest BCUT2D eigenvalue weighted by atomic mass is 9.48. The summed E-state index contributed by atoms with van der Waals surface area (Å²) in [4.78, 5) is 15.1. The van der Waals surface area contributed by atoms with Gasteiger partial charge in [-0.1, -0.05) is 6.07 Å². The number of ketones is 1. The van der Waals surface area contributed by atoms with Crippen molar-refractivity contribution in [1.29, 1.82) is 0 Å². The summed E-state index contributed by atoms with van der Waals surface area (Å²) in [7, 11) is 1.58. The van der Waals surface area contributed by atoms with E-state index in [4.69, 9.17) is 9.47 Å². The molecule has 1 spiro atoms. The predicted molar refractivity (Wildman–Crippen MR) is 95.9 cm³/mol. The molecule has 3 aliphatic carbocycles. The van der Waals surface area contributed by atoms with E-state index < -0.39 is 29.3 Å². The zero-order valence-electron chi connectivity index (χ0n) is 15.5. The lowest BCUT2D eigenvalue weighted by Gasteiger charge is -2.63. The lowest BCUT2D eigenvalue weighted by molar-refractivity contribution is -0.211. The van der Waals surface area contributed by atoms with Gasteiger partial charge in [-0.3, -0.25) is 9.69 Å². The average Bonchev–Trinajstić information content (AvgIpc) is 3.40. The van der Waals surface area contributed by atoms with E-state index in [2.05, 4.69) is 4.90 Å². The zero-order chi connectivity index (χ0) is 18.6. The minimum absolute atomic E-state index is 0.0506. The third-order valence-corrected chi connectivity index (χ3v) is 7.80. The van der Waals surface area contributed by atoms with Crippen LogP contribution in [0.4, 0.5) is 0 Å². The van der Waals surface area contributed by atoms with E-state index in [1.807, 2.05) is 6.07 Å². The molecule has 1 saturated heterocycles. The maximum Gasteiger partial charge on any atom is 0.174 e. The number of likely N-dealkylation sites (tertiary alicyclic amines) is 1. The van der Waals surface area contributed by atoms with Gasteiger partial charge in [0.25, 0.3) is 0 Å². The molecular weight excluding hydrogens is 346 g/mol. The summed E-state index contributed by atoms with van der Waals surface area (Å²) < 4.78 is 11.7. The largest absolute Gasteiger partial charge is 0.493 e. The standard InChI is InChI=1S/C21H25NO5/c1-26-14-5-4-12-15-17(14)27-19-13(23)6-7-21(25)18(16(12)24)22(10-11-2-3-11)9-8-20(15,19)21/h4-5,11,16,18-19,24-25H,2-3,6-10H2,1H3/t16-,18+,19-,20-,21+/m0/s1. The van der Waals surface area contributed by atoms with Crippen molar-refractivity contribution in [2.45, 2.75) is 61.4 Å². The summed E-state index contributed by atoms with van der Waals surface area (Å²) in [6.45, 7) is 1.68. The van der Waals surface area contributed by atoms with Gasteiger partial charge in [0.2, 0.25) is 0 Å². The van der Waals surface area contributed by atoms with Gasteiger partial charge in [-0.15, -0.1) is 0 Å². The van der Waals surface area contributed by atoms with E-state index in [-0.39, 0.29) is 12.2 Å². The van der Waals surface area contributed by atoms with E-state index in [1.54, 1.807) is 13.2 Å². The number of ether oxygens (including phenoxy) is 2. The minimum Gasteiger partial charge on any atom is -0.493 e. The van der Waals surface area contributed by atoms with Gasteiger partial charge in [-0.05, 0) is 49.8 Å². The van der Waals surface area contributed by atoms with E-state index in [0.29, 0.717) is 30.3 Å². The molecule has 2 N–H and O–H groups in total. The number of aliphatic hydroxyl groups excluding tert-OH is 1. The summed E-state index contributed by atoms with van der Waals surface area (Å²) >= 11 is 0. The summed E-state index contributed by atoms with van der Waals surface area (Å²) in [6.07, 6.45) is 2.32. The number of Topliss-reactive ketones (excluding diaryl/α,β-unsaturated/α-hetero) is 1. The number of carbonyl (C=O) groups is 1. The maximum absolute atomic E-state index is 12.9. The smallest absolute Gasteiger partial charge is 0.174 e.